The Morgan fingerprint density at radius 3 is 2.65 bits per heavy atom. The number of hydrogen-bond donors (Lipinski definition) is 1. The SMILES string of the molecule is COc1cc(C)ccc1NS(=O)(=O)c1ccnc(Cl)c1. The molecule has 0 fully saturated rings. The van der Waals surface area contributed by atoms with Gasteiger partial charge < -0.3 is 4.74 Å². The fourth-order valence-corrected chi connectivity index (χ4v) is 2.96. The molecule has 5 nitrogen and oxygen atoms in total. The number of hydrogen-bond acceptors (Lipinski definition) is 4. The van der Waals surface area contributed by atoms with E-state index in [1.165, 1.54) is 25.4 Å². The van der Waals surface area contributed by atoms with Crippen LogP contribution in [0.3, 0.4) is 0 Å². The van der Waals surface area contributed by atoms with Gasteiger partial charge in [-0.05, 0) is 36.8 Å². The first-order chi connectivity index (χ1) is 9.42. The first-order valence-corrected chi connectivity index (χ1v) is 7.57. The van der Waals surface area contributed by atoms with Gasteiger partial charge in [-0.15, -0.1) is 0 Å². The largest absolute Gasteiger partial charge is 0.495 e. The van der Waals surface area contributed by atoms with E-state index in [0.29, 0.717) is 11.4 Å². The van der Waals surface area contributed by atoms with Crippen molar-refractivity contribution in [2.75, 3.05) is 11.8 Å². The number of nitrogens with one attached hydrogen (secondary N) is 1. The van der Waals surface area contributed by atoms with E-state index in [1.807, 2.05) is 6.92 Å². The van der Waals surface area contributed by atoms with Gasteiger partial charge in [-0.25, -0.2) is 13.4 Å². The highest BCUT2D eigenvalue weighted by Crippen LogP contribution is 2.28. The lowest BCUT2D eigenvalue weighted by molar-refractivity contribution is 0.416. The minimum absolute atomic E-state index is 0.0418. The topological polar surface area (TPSA) is 68.3 Å². The van der Waals surface area contributed by atoms with Crippen LogP contribution in [0.15, 0.2) is 41.4 Å². The van der Waals surface area contributed by atoms with Crippen molar-refractivity contribution in [2.24, 2.45) is 0 Å². The number of pyridine rings is 1. The minimum atomic E-state index is -3.74. The lowest BCUT2D eigenvalue weighted by Crippen LogP contribution is -2.13. The molecule has 1 aromatic heterocycles. The maximum Gasteiger partial charge on any atom is 0.262 e. The van der Waals surface area contributed by atoms with E-state index >= 15 is 0 Å². The van der Waals surface area contributed by atoms with Crippen LogP contribution < -0.4 is 9.46 Å². The van der Waals surface area contributed by atoms with Crippen LogP contribution in [0, 0.1) is 6.92 Å². The molecule has 1 N–H and O–H groups in total. The highest BCUT2D eigenvalue weighted by atomic mass is 35.5. The summed E-state index contributed by atoms with van der Waals surface area (Å²) in [6.07, 6.45) is 1.34. The van der Waals surface area contributed by atoms with E-state index < -0.39 is 10.0 Å². The molecule has 0 aliphatic carbocycles. The van der Waals surface area contributed by atoms with Crippen LogP contribution in [0.1, 0.15) is 5.56 Å². The molecule has 0 radical (unpaired) electrons. The van der Waals surface area contributed by atoms with Crippen LogP contribution in [-0.2, 0) is 10.0 Å². The van der Waals surface area contributed by atoms with E-state index in [9.17, 15) is 8.42 Å². The predicted octanol–water partition coefficient (Wildman–Crippen LogP) is 2.85. The summed E-state index contributed by atoms with van der Waals surface area (Å²) < 4.78 is 32.1. The van der Waals surface area contributed by atoms with Gasteiger partial charge in [0.1, 0.15) is 10.9 Å². The molecule has 0 saturated heterocycles. The molecule has 0 bridgehead atoms. The third-order valence-corrected chi connectivity index (χ3v) is 4.18. The van der Waals surface area contributed by atoms with E-state index in [4.69, 9.17) is 16.3 Å². The summed E-state index contributed by atoms with van der Waals surface area (Å²) in [5.74, 6) is 0.453. The summed E-state index contributed by atoms with van der Waals surface area (Å²) in [4.78, 5) is 3.80. The number of nitrogens with zero attached hydrogens (tertiary/aromatic N) is 1. The molecule has 7 heteroatoms. The Morgan fingerprint density at radius 1 is 1.25 bits per heavy atom. The summed E-state index contributed by atoms with van der Waals surface area (Å²) in [6, 6.07) is 7.84. The zero-order valence-corrected chi connectivity index (χ0v) is 12.5. The molecule has 0 atom stereocenters. The van der Waals surface area contributed by atoms with Gasteiger partial charge in [-0.3, -0.25) is 4.72 Å². The second-order valence-electron chi connectivity index (χ2n) is 4.12. The number of ether oxygens (including phenoxy) is 1. The maximum atomic E-state index is 12.3. The number of halogens is 1. The van der Waals surface area contributed by atoms with Crippen molar-refractivity contribution in [3.05, 3.63) is 47.2 Å². The highest BCUT2D eigenvalue weighted by Gasteiger charge is 2.17. The molecule has 2 rings (SSSR count). The fourth-order valence-electron chi connectivity index (χ4n) is 1.64. The van der Waals surface area contributed by atoms with Crippen molar-refractivity contribution in [3.8, 4) is 5.75 Å². The van der Waals surface area contributed by atoms with Crippen LogP contribution in [-0.4, -0.2) is 20.5 Å². The third-order valence-electron chi connectivity index (χ3n) is 2.61. The summed E-state index contributed by atoms with van der Waals surface area (Å²) in [6.45, 7) is 1.89. The molecule has 0 aliphatic rings. The van der Waals surface area contributed by atoms with E-state index in [-0.39, 0.29) is 10.0 Å². The van der Waals surface area contributed by atoms with Crippen molar-refractivity contribution < 1.29 is 13.2 Å². The Hall–Kier alpha value is -1.79. The number of aromatic nitrogens is 1. The Bertz CT molecular complexity index is 732. The standard InChI is InChI=1S/C13H13ClN2O3S/c1-9-3-4-11(12(7-9)19-2)16-20(17,18)10-5-6-15-13(14)8-10/h3-8,16H,1-2H3. The zero-order chi connectivity index (χ0) is 14.8. The minimum Gasteiger partial charge on any atom is -0.495 e. The van der Waals surface area contributed by atoms with Crippen molar-refractivity contribution in [1.29, 1.82) is 0 Å². The quantitative estimate of drug-likeness (QED) is 0.881. The molecule has 0 amide bonds. The van der Waals surface area contributed by atoms with Crippen LogP contribution in [0.2, 0.25) is 5.15 Å². The number of rotatable bonds is 4. The summed E-state index contributed by atoms with van der Waals surface area (Å²) in [5, 5.41) is 0.115. The summed E-state index contributed by atoms with van der Waals surface area (Å²) >= 11 is 5.71. The molecule has 0 spiro atoms. The fraction of sp³-hybridized carbons (Fsp3) is 0.154. The van der Waals surface area contributed by atoms with Crippen molar-refractivity contribution in [3.63, 3.8) is 0 Å². The lowest BCUT2D eigenvalue weighted by Gasteiger charge is -2.12. The van der Waals surface area contributed by atoms with E-state index in [2.05, 4.69) is 9.71 Å². The summed E-state index contributed by atoms with van der Waals surface area (Å²) in [7, 11) is -2.25. The van der Waals surface area contributed by atoms with Crippen molar-refractivity contribution >= 4 is 27.3 Å². The first-order valence-electron chi connectivity index (χ1n) is 5.71. The molecular weight excluding hydrogens is 300 g/mol. The van der Waals surface area contributed by atoms with Crippen LogP contribution in [0.4, 0.5) is 5.69 Å². The molecule has 1 aromatic carbocycles. The van der Waals surface area contributed by atoms with Gasteiger partial charge >= 0.3 is 0 Å². The van der Waals surface area contributed by atoms with Gasteiger partial charge in [0, 0.05) is 6.20 Å². The third kappa shape index (κ3) is 3.20. The van der Waals surface area contributed by atoms with Crippen LogP contribution >= 0.6 is 11.6 Å². The number of aryl methyl sites for hydroxylation is 1. The van der Waals surface area contributed by atoms with Gasteiger partial charge in [-0.1, -0.05) is 17.7 Å². The Morgan fingerprint density at radius 2 is 2.00 bits per heavy atom. The van der Waals surface area contributed by atoms with Gasteiger partial charge in [0.05, 0.1) is 17.7 Å². The van der Waals surface area contributed by atoms with Crippen molar-refractivity contribution in [2.45, 2.75) is 11.8 Å². The normalized spacial score (nSPS) is 11.2. The molecule has 2 aromatic rings. The molecule has 1 heterocycles. The highest BCUT2D eigenvalue weighted by molar-refractivity contribution is 7.92. The maximum absolute atomic E-state index is 12.3. The van der Waals surface area contributed by atoms with Crippen LogP contribution in [0.5, 0.6) is 5.75 Å². The van der Waals surface area contributed by atoms with Crippen molar-refractivity contribution in [1.82, 2.24) is 4.98 Å². The van der Waals surface area contributed by atoms with Gasteiger partial charge in [0.25, 0.3) is 10.0 Å². The molecule has 0 aliphatic heterocycles. The number of benzene rings is 1. The Kier molecular flexibility index (Phi) is 4.15. The average Bonchev–Trinajstić information content (AvgIpc) is 2.40. The molecular formula is C13H13ClN2O3S. The number of methoxy groups -OCH3 is 1. The second kappa shape index (κ2) is 5.68. The molecule has 106 valence electrons. The van der Waals surface area contributed by atoms with E-state index in [1.54, 1.807) is 18.2 Å². The average molecular weight is 313 g/mol. The van der Waals surface area contributed by atoms with Gasteiger partial charge in [-0.2, -0.15) is 0 Å². The van der Waals surface area contributed by atoms with E-state index in [0.717, 1.165) is 5.56 Å². The van der Waals surface area contributed by atoms with Crippen LogP contribution in [0.25, 0.3) is 0 Å². The van der Waals surface area contributed by atoms with Gasteiger partial charge in [0.2, 0.25) is 0 Å². The Balaban J connectivity index is 2.38. The second-order valence-corrected chi connectivity index (χ2v) is 6.19. The predicted molar refractivity (Wildman–Crippen MR) is 77.8 cm³/mol. The molecule has 20 heavy (non-hydrogen) atoms. The summed E-state index contributed by atoms with van der Waals surface area (Å²) in [5.41, 5.74) is 1.34. The first kappa shape index (κ1) is 14.6. The number of sulfonamides is 1. The zero-order valence-electron chi connectivity index (χ0n) is 10.9. The number of anilines is 1. The smallest absolute Gasteiger partial charge is 0.262 e. The lowest BCUT2D eigenvalue weighted by atomic mass is 10.2. The Labute approximate surface area is 122 Å². The monoisotopic (exact) mass is 312 g/mol. The molecule has 0 saturated carbocycles. The molecule has 0 unspecified atom stereocenters. The van der Waals surface area contributed by atoms with Gasteiger partial charge in [0.15, 0.2) is 0 Å².